The average Bonchev–Trinajstić information content (AvgIpc) is 3.42. The van der Waals surface area contributed by atoms with Crippen molar-refractivity contribution >= 4 is 5.96 Å². The first-order valence-corrected chi connectivity index (χ1v) is 11.8. The van der Waals surface area contributed by atoms with Gasteiger partial charge in [0.05, 0.1) is 12.6 Å². The minimum atomic E-state index is -4.13. The number of hydrogen-bond acceptors (Lipinski definition) is 3. The number of rotatable bonds is 6. The number of alkyl halides is 3. The van der Waals surface area contributed by atoms with E-state index in [1.807, 2.05) is 13.8 Å². The van der Waals surface area contributed by atoms with Gasteiger partial charge in [-0.1, -0.05) is 19.8 Å². The minimum Gasteiger partial charge on any atom is -0.377 e. The van der Waals surface area contributed by atoms with Crippen LogP contribution in [0.2, 0.25) is 0 Å². The lowest BCUT2D eigenvalue weighted by Gasteiger charge is -2.57. The fourth-order valence-corrected chi connectivity index (χ4v) is 6.53. The van der Waals surface area contributed by atoms with Gasteiger partial charge in [-0.3, -0.25) is 9.89 Å². The molecule has 8 heteroatoms. The molecule has 0 aromatic rings. The van der Waals surface area contributed by atoms with E-state index in [4.69, 9.17) is 9.73 Å². The van der Waals surface area contributed by atoms with Crippen LogP contribution in [0.25, 0.3) is 0 Å². The highest BCUT2D eigenvalue weighted by Gasteiger charge is 2.65. The molecular weight excluding hydrogens is 393 g/mol. The summed E-state index contributed by atoms with van der Waals surface area (Å²) in [6.45, 7) is 7.19. The summed E-state index contributed by atoms with van der Waals surface area (Å²) in [5, 5.41) is 3.83. The largest absolute Gasteiger partial charge is 0.401 e. The number of nitrogens with zero attached hydrogens (tertiary/aromatic N) is 3. The van der Waals surface area contributed by atoms with Crippen LogP contribution in [0.3, 0.4) is 0 Å². The predicted molar refractivity (Wildman–Crippen MR) is 111 cm³/mol. The molecule has 4 fully saturated rings. The molecule has 5 nitrogen and oxygen atoms in total. The number of likely N-dealkylation sites (tertiary alicyclic amines) is 1. The lowest BCUT2D eigenvalue weighted by Crippen LogP contribution is -2.69. The third-order valence-electron chi connectivity index (χ3n) is 7.83. The second kappa shape index (κ2) is 8.85. The van der Waals surface area contributed by atoms with E-state index in [0.717, 1.165) is 38.5 Å². The van der Waals surface area contributed by atoms with Crippen LogP contribution >= 0.6 is 0 Å². The third-order valence-corrected chi connectivity index (χ3v) is 7.83. The van der Waals surface area contributed by atoms with Crippen LogP contribution in [0.5, 0.6) is 0 Å². The highest BCUT2D eigenvalue weighted by molar-refractivity contribution is 5.81. The molecule has 4 unspecified atom stereocenters. The van der Waals surface area contributed by atoms with Crippen LogP contribution in [0.1, 0.15) is 52.4 Å². The standard InChI is InChI=1S/C22H37F3N4O/c1-3-26-20(27-18-17-8-12-30-19(17)21(18)9-5-6-10-21)29-11-7-16(14-29)13-28(4-2)15-22(23,24)25/h16-19H,3-15H2,1-2H3,(H,26,27). The van der Waals surface area contributed by atoms with Crippen LogP contribution in [-0.4, -0.2) is 80.0 Å². The van der Waals surface area contributed by atoms with Crippen molar-refractivity contribution in [1.82, 2.24) is 15.1 Å². The van der Waals surface area contributed by atoms with Crippen molar-refractivity contribution in [3.05, 3.63) is 0 Å². The Morgan fingerprint density at radius 1 is 1.23 bits per heavy atom. The molecule has 0 amide bonds. The molecule has 0 radical (unpaired) electrons. The lowest BCUT2D eigenvalue weighted by atomic mass is 9.54. The fourth-order valence-electron chi connectivity index (χ4n) is 6.53. The molecule has 0 bridgehead atoms. The van der Waals surface area contributed by atoms with E-state index in [1.165, 1.54) is 30.6 Å². The summed E-state index contributed by atoms with van der Waals surface area (Å²) in [7, 11) is 0. The van der Waals surface area contributed by atoms with Gasteiger partial charge in [-0.2, -0.15) is 13.2 Å². The summed E-state index contributed by atoms with van der Waals surface area (Å²) in [5.74, 6) is 1.78. The molecule has 2 aliphatic heterocycles. The maximum Gasteiger partial charge on any atom is 0.401 e. The molecule has 30 heavy (non-hydrogen) atoms. The van der Waals surface area contributed by atoms with Crippen molar-refractivity contribution in [1.29, 1.82) is 0 Å². The van der Waals surface area contributed by atoms with Crippen LogP contribution < -0.4 is 5.32 Å². The number of fused-ring (bicyclic) bond motifs is 2. The maximum atomic E-state index is 12.8. The molecule has 0 aromatic carbocycles. The number of nitrogens with one attached hydrogen (secondary N) is 1. The summed E-state index contributed by atoms with van der Waals surface area (Å²) >= 11 is 0. The van der Waals surface area contributed by atoms with E-state index in [9.17, 15) is 13.2 Å². The summed E-state index contributed by atoms with van der Waals surface area (Å²) in [6.07, 6.45) is 3.34. The van der Waals surface area contributed by atoms with E-state index >= 15 is 0 Å². The van der Waals surface area contributed by atoms with Gasteiger partial charge >= 0.3 is 6.18 Å². The van der Waals surface area contributed by atoms with E-state index in [-0.39, 0.29) is 11.3 Å². The van der Waals surface area contributed by atoms with Gasteiger partial charge in [0, 0.05) is 50.2 Å². The Hall–Kier alpha value is -1.02. The summed E-state index contributed by atoms with van der Waals surface area (Å²) in [6, 6.07) is 0.425. The highest BCUT2D eigenvalue weighted by Crippen LogP contribution is 2.60. The number of halogens is 3. The van der Waals surface area contributed by atoms with Crippen LogP contribution in [-0.2, 0) is 4.74 Å². The zero-order valence-electron chi connectivity index (χ0n) is 18.4. The van der Waals surface area contributed by atoms with Crippen molar-refractivity contribution in [2.24, 2.45) is 22.2 Å². The molecule has 4 atom stereocenters. The molecule has 2 heterocycles. The predicted octanol–water partition coefficient (Wildman–Crippen LogP) is 3.51. The first-order valence-electron chi connectivity index (χ1n) is 11.8. The Balaban J connectivity index is 1.38. The molecule has 2 saturated carbocycles. The minimum absolute atomic E-state index is 0.251. The van der Waals surface area contributed by atoms with E-state index in [2.05, 4.69) is 10.2 Å². The number of hydrogen-bond donors (Lipinski definition) is 1. The zero-order chi connectivity index (χ0) is 21.4. The topological polar surface area (TPSA) is 40.1 Å². The fraction of sp³-hybridized carbons (Fsp3) is 0.955. The van der Waals surface area contributed by atoms with Crippen molar-refractivity contribution < 1.29 is 17.9 Å². The van der Waals surface area contributed by atoms with Gasteiger partial charge in [0.15, 0.2) is 5.96 Å². The normalized spacial score (nSPS) is 33.4. The molecular formula is C22H37F3N4O. The average molecular weight is 431 g/mol. The van der Waals surface area contributed by atoms with Gasteiger partial charge in [0.1, 0.15) is 0 Å². The molecule has 2 aliphatic carbocycles. The molecule has 172 valence electrons. The Morgan fingerprint density at radius 3 is 2.67 bits per heavy atom. The van der Waals surface area contributed by atoms with Crippen molar-refractivity contribution in [2.45, 2.75) is 70.7 Å². The smallest absolute Gasteiger partial charge is 0.377 e. The second-order valence-corrected chi connectivity index (χ2v) is 9.65. The SMILES string of the molecule is CCN=C(NC1C2CCOC2C12CCCC2)N1CCC(CN(CC)CC(F)(F)F)C1. The summed E-state index contributed by atoms with van der Waals surface area (Å²) in [5.41, 5.74) is 0.264. The monoisotopic (exact) mass is 430 g/mol. The summed E-state index contributed by atoms with van der Waals surface area (Å²) in [4.78, 5) is 8.59. The van der Waals surface area contributed by atoms with Gasteiger partial charge in [0.2, 0.25) is 0 Å². The van der Waals surface area contributed by atoms with Crippen LogP contribution in [0.15, 0.2) is 4.99 Å². The van der Waals surface area contributed by atoms with Crippen LogP contribution in [0.4, 0.5) is 13.2 Å². The third kappa shape index (κ3) is 4.31. The van der Waals surface area contributed by atoms with Crippen molar-refractivity contribution in [3.8, 4) is 0 Å². The molecule has 2 saturated heterocycles. The van der Waals surface area contributed by atoms with Gasteiger partial charge < -0.3 is 15.0 Å². The van der Waals surface area contributed by atoms with Gasteiger partial charge in [-0.15, -0.1) is 0 Å². The van der Waals surface area contributed by atoms with Gasteiger partial charge in [-0.25, -0.2) is 0 Å². The van der Waals surface area contributed by atoms with Crippen LogP contribution in [0, 0.1) is 17.3 Å². The molecule has 0 aromatic heterocycles. The van der Waals surface area contributed by atoms with Crippen molar-refractivity contribution in [2.75, 3.05) is 45.9 Å². The van der Waals surface area contributed by atoms with Gasteiger partial charge in [-0.05, 0) is 45.1 Å². The Morgan fingerprint density at radius 2 is 2.00 bits per heavy atom. The van der Waals surface area contributed by atoms with E-state index in [0.29, 0.717) is 37.7 Å². The van der Waals surface area contributed by atoms with E-state index < -0.39 is 12.7 Å². The first kappa shape index (κ1) is 22.2. The molecule has 4 rings (SSSR count). The second-order valence-electron chi connectivity index (χ2n) is 9.65. The Kier molecular flexibility index (Phi) is 6.54. The van der Waals surface area contributed by atoms with E-state index in [1.54, 1.807) is 0 Å². The summed E-state index contributed by atoms with van der Waals surface area (Å²) < 4.78 is 44.6. The Labute approximate surface area is 178 Å². The lowest BCUT2D eigenvalue weighted by molar-refractivity contribution is -0.146. The highest BCUT2D eigenvalue weighted by atomic mass is 19.4. The number of aliphatic imine (C=N–C) groups is 1. The quantitative estimate of drug-likeness (QED) is 0.517. The zero-order valence-corrected chi connectivity index (χ0v) is 18.4. The number of ether oxygens (including phenoxy) is 1. The van der Waals surface area contributed by atoms with Crippen molar-refractivity contribution in [3.63, 3.8) is 0 Å². The number of guanidine groups is 1. The van der Waals surface area contributed by atoms with Gasteiger partial charge in [0.25, 0.3) is 0 Å². The molecule has 1 N–H and O–H groups in total. The first-order chi connectivity index (χ1) is 14.4. The molecule has 4 aliphatic rings. The molecule has 1 spiro atoms. The maximum absolute atomic E-state index is 12.8. The Bertz CT molecular complexity index is 620.